The van der Waals surface area contributed by atoms with Crippen molar-refractivity contribution >= 4 is 23.1 Å². The average Bonchev–Trinajstić information content (AvgIpc) is 3.12. The molecule has 0 saturated carbocycles. The number of hydrogen-bond donors (Lipinski definition) is 0. The molecule has 6 heteroatoms. The van der Waals surface area contributed by atoms with Crippen LogP contribution in [-0.4, -0.2) is 19.7 Å². The highest BCUT2D eigenvalue weighted by Crippen LogP contribution is 2.10. The van der Waals surface area contributed by atoms with Crippen LogP contribution in [0.2, 0.25) is 0 Å². The van der Waals surface area contributed by atoms with E-state index in [9.17, 15) is 4.79 Å². The molecule has 0 saturated heterocycles. The Morgan fingerprint density at radius 1 is 1.00 bits per heavy atom. The van der Waals surface area contributed by atoms with Gasteiger partial charge in [0.05, 0.1) is 17.4 Å². The molecule has 0 fully saturated rings. The number of nitrogens with zero attached hydrogens (tertiary/aromatic N) is 4. The van der Waals surface area contributed by atoms with Crippen molar-refractivity contribution in [3.8, 4) is 0 Å². The van der Waals surface area contributed by atoms with Gasteiger partial charge in [-0.05, 0) is 30.7 Å². The lowest BCUT2D eigenvalue weighted by molar-refractivity contribution is 0.401. The summed E-state index contributed by atoms with van der Waals surface area (Å²) in [5.41, 5.74) is 1.61. The van der Waals surface area contributed by atoms with E-state index >= 15 is 0 Å². The average molecular weight is 344 g/mol. The molecule has 6 nitrogen and oxygen atoms in total. The molecule has 0 radical (unpaired) electrons. The molecule has 0 spiro atoms. The van der Waals surface area contributed by atoms with Crippen molar-refractivity contribution in [2.45, 2.75) is 13.5 Å². The van der Waals surface area contributed by atoms with Crippen LogP contribution in [0, 0.1) is 6.92 Å². The third-order valence-corrected chi connectivity index (χ3v) is 4.05. The lowest BCUT2D eigenvalue weighted by Crippen LogP contribution is -2.24. The van der Waals surface area contributed by atoms with Gasteiger partial charge in [-0.3, -0.25) is 9.36 Å². The summed E-state index contributed by atoms with van der Waals surface area (Å²) in [5, 5.41) is 4.54. The van der Waals surface area contributed by atoms with E-state index in [2.05, 4.69) is 15.1 Å². The third kappa shape index (κ3) is 3.17. The first kappa shape index (κ1) is 16.0. The minimum absolute atomic E-state index is 0.112. The highest BCUT2D eigenvalue weighted by Gasteiger charge is 2.11. The van der Waals surface area contributed by atoms with Crippen LogP contribution in [0.4, 0.5) is 0 Å². The number of para-hydroxylation sites is 1. The zero-order valence-electron chi connectivity index (χ0n) is 14.2. The maximum Gasteiger partial charge on any atom is 0.261 e. The Morgan fingerprint density at radius 3 is 2.62 bits per heavy atom. The topological polar surface area (TPSA) is 73.8 Å². The van der Waals surface area contributed by atoms with Crippen molar-refractivity contribution in [3.63, 3.8) is 0 Å². The molecule has 0 atom stereocenters. The Balaban J connectivity index is 1.61. The van der Waals surface area contributed by atoms with Crippen LogP contribution in [0.5, 0.6) is 0 Å². The number of aromatic nitrogens is 4. The van der Waals surface area contributed by atoms with Crippen LogP contribution in [-0.2, 0) is 6.54 Å². The van der Waals surface area contributed by atoms with Gasteiger partial charge in [0.25, 0.3) is 11.4 Å². The second-order valence-electron chi connectivity index (χ2n) is 5.86. The normalized spacial score (nSPS) is 11.4. The highest BCUT2D eigenvalue weighted by molar-refractivity contribution is 5.77. The molecule has 0 aliphatic heterocycles. The molecule has 0 aliphatic rings. The second kappa shape index (κ2) is 6.76. The van der Waals surface area contributed by atoms with Gasteiger partial charge in [-0.2, -0.15) is 4.98 Å². The fraction of sp³-hybridized carbons (Fsp3) is 0.100. The van der Waals surface area contributed by atoms with E-state index in [0.717, 1.165) is 5.56 Å². The Morgan fingerprint density at radius 2 is 1.77 bits per heavy atom. The highest BCUT2D eigenvalue weighted by atomic mass is 16.5. The predicted molar refractivity (Wildman–Crippen MR) is 99.5 cm³/mol. The fourth-order valence-corrected chi connectivity index (χ4v) is 2.74. The van der Waals surface area contributed by atoms with E-state index < -0.39 is 0 Å². The standard InChI is InChI=1S/C20H16N4O2/c1-14-21-17-10-6-5-9-16(17)20(25)24(14)13-18-22-19(26-23-18)12-11-15-7-3-2-4-8-15/h2-12H,13H2,1H3. The smallest absolute Gasteiger partial charge is 0.261 e. The molecule has 0 amide bonds. The molecule has 26 heavy (non-hydrogen) atoms. The SMILES string of the molecule is Cc1nc2ccccc2c(=O)n1Cc1noc(C=Cc2ccccc2)n1. The molecule has 2 aromatic carbocycles. The van der Waals surface area contributed by atoms with Gasteiger partial charge in [-0.15, -0.1) is 0 Å². The molecule has 2 aromatic heterocycles. The first-order valence-electron chi connectivity index (χ1n) is 8.22. The molecular weight excluding hydrogens is 328 g/mol. The van der Waals surface area contributed by atoms with Crippen molar-refractivity contribution in [2.75, 3.05) is 0 Å². The Hall–Kier alpha value is -3.54. The minimum atomic E-state index is -0.112. The van der Waals surface area contributed by atoms with E-state index in [-0.39, 0.29) is 12.1 Å². The first-order chi connectivity index (χ1) is 12.7. The maximum absolute atomic E-state index is 12.7. The molecule has 2 heterocycles. The molecule has 4 aromatic rings. The summed E-state index contributed by atoms with van der Waals surface area (Å²) in [6.07, 6.45) is 3.65. The Bertz CT molecular complexity index is 1140. The quantitative estimate of drug-likeness (QED) is 0.568. The van der Waals surface area contributed by atoms with Crippen molar-refractivity contribution in [1.29, 1.82) is 0 Å². The van der Waals surface area contributed by atoms with Gasteiger partial charge in [-0.1, -0.05) is 47.6 Å². The molecule has 0 bridgehead atoms. The summed E-state index contributed by atoms with van der Waals surface area (Å²) in [6.45, 7) is 2.01. The van der Waals surface area contributed by atoms with Gasteiger partial charge in [-0.25, -0.2) is 4.98 Å². The predicted octanol–water partition coefficient (Wildman–Crippen LogP) is 3.31. The molecular formula is C20H16N4O2. The van der Waals surface area contributed by atoms with Crippen LogP contribution < -0.4 is 5.56 Å². The largest absolute Gasteiger partial charge is 0.335 e. The molecule has 0 unspecified atom stereocenters. The number of aryl methyl sites for hydroxylation is 1. The summed E-state index contributed by atoms with van der Waals surface area (Å²) in [5.74, 6) is 1.43. The van der Waals surface area contributed by atoms with Crippen molar-refractivity contribution in [3.05, 3.63) is 88.1 Å². The van der Waals surface area contributed by atoms with Gasteiger partial charge in [0, 0.05) is 6.08 Å². The summed E-state index contributed by atoms with van der Waals surface area (Å²) in [6, 6.07) is 17.1. The van der Waals surface area contributed by atoms with E-state index in [0.29, 0.717) is 28.4 Å². The fourth-order valence-electron chi connectivity index (χ4n) is 2.74. The molecule has 4 rings (SSSR count). The summed E-state index contributed by atoms with van der Waals surface area (Å²) < 4.78 is 6.80. The van der Waals surface area contributed by atoms with E-state index in [1.165, 1.54) is 0 Å². The van der Waals surface area contributed by atoms with Crippen molar-refractivity contribution in [1.82, 2.24) is 19.7 Å². The van der Waals surface area contributed by atoms with Gasteiger partial charge in [0.15, 0.2) is 5.82 Å². The lowest BCUT2D eigenvalue weighted by atomic mass is 10.2. The van der Waals surface area contributed by atoms with Gasteiger partial charge >= 0.3 is 0 Å². The number of hydrogen-bond acceptors (Lipinski definition) is 5. The van der Waals surface area contributed by atoms with Crippen LogP contribution in [0.15, 0.2) is 63.9 Å². The third-order valence-electron chi connectivity index (χ3n) is 4.05. The van der Waals surface area contributed by atoms with Crippen LogP contribution in [0.1, 0.15) is 23.1 Å². The zero-order valence-corrected chi connectivity index (χ0v) is 14.2. The van der Waals surface area contributed by atoms with E-state index in [4.69, 9.17) is 4.52 Å². The van der Waals surface area contributed by atoms with Crippen molar-refractivity contribution < 1.29 is 4.52 Å². The molecule has 0 N–H and O–H groups in total. The molecule has 128 valence electrons. The maximum atomic E-state index is 12.7. The summed E-state index contributed by atoms with van der Waals surface area (Å²) in [4.78, 5) is 21.5. The van der Waals surface area contributed by atoms with Gasteiger partial charge < -0.3 is 4.52 Å². The second-order valence-corrected chi connectivity index (χ2v) is 5.86. The lowest BCUT2D eigenvalue weighted by Gasteiger charge is -2.08. The zero-order chi connectivity index (χ0) is 17.9. The van der Waals surface area contributed by atoms with E-state index in [1.54, 1.807) is 23.6 Å². The minimum Gasteiger partial charge on any atom is -0.335 e. The number of rotatable bonds is 4. The summed E-state index contributed by atoms with van der Waals surface area (Å²) in [7, 11) is 0. The van der Waals surface area contributed by atoms with E-state index in [1.807, 2.05) is 54.6 Å². The van der Waals surface area contributed by atoms with Gasteiger partial charge in [0.2, 0.25) is 0 Å². The van der Waals surface area contributed by atoms with Crippen LogP contribution in [0.3, 0.4) is 0 Å². The van der Waals surface area contributed by atoms with Crippen LogP contribution >= 0.6 is 0 Å². The monoisotopic (exact) mass is 344 g/mol. The van der Waals surface area contributed by atoms with Gasteiger partial charge in [0.1, 0.15) is 5.82 Å². The summed E-state index contributed by atoms with van der Waals surface area (Å²) >= 11 is 0. The molecule has 0 aliphatic carbocycles. The number of fused-ring (bicyclic) bond motifs is 1. The first-order valence-corrected chi connectivity index (χ1v) is 8.22. The Labute approximate surface area is 149 Å². The Kier molecular flexibility index (Phi) is 4.15. The van der Waals surface area contributed by atoms with Crippen LogP contribution in [0.25, 0.3) is 23.1 Å². The van der Waals surface area contributed by atoms with Crippen molar-refractivity contribution in [2.24, 2.45) is 0 Å². The number of benzene rings is 2.